The molecule has 1 spiro atoms. The zero-order valence-electron chi connectivity index (χ0n) is 38.3. The highest BCUT2D eigenvalue weighted by atomic mass is 15.2. The Balaban J connectivity index is 1.04. The molecule has 11 aromatic carbocycles. The molecule has 12 aromatic rings. The highest BCUT2D eigenvalue weighted by Gasteiger charge is 2.52. The molecule has 70 heavy (non-hydrogen) atoms. The minimum atomic E-state index is -0.619. The summed E-state index contributed by atoms with van der Waals surface area (Å²) in [5.74, 6) is 0. The molecule has 0 saturated carbocycles. The summed E-state index contributed by atoms with van der Waals surface area (Å²) in [6.45, 7) is 0. The minimum Gasteiger partial charge on any atom is -0.310 e. The molecule has 1 heterocycles. The molecule has 1 aromatic heterocycles. The Morgan fingerprint density at radius 2 is 0.743 bits per heavy atom. The number of para-hydroxylation sites is 5. The second-order valence-electron chi connectivity index (χ2n) is 18.4. The number of rotatable bonds is 8. The summed E-state index contributed by atoms with van der Waals surface area (Å²) in [6.07, 6.45) is 0. The largest absolute Gasteiger partial charge is 0.310 e. The van der Waals surface area contributed by atoms with Crippen LogP contribution >= 0.6 is 0 Å². The number of nitrogens with zero attached hydrogens (tertiary/aromatic N) is 3. The third-order valence-electron chi connectivity index (χ3n) is 14.7. The van der Waals surface area contributed by atoms with E-state index in [4.69, 9.17) is 0 Å². The van der Waals surface area contributed by atoms with E-state index in [1.54, 1.807) is 0 Å². The Bertz CT molecular complexity index is 3900. The summed E-state index contributed by atoms with van der Waals surface area (Å²) in [5.41, 5.74) is 22.1. The Kier molecular flexibility index (Phi) is 9.11. The van der Waals surface area contributed by atoms with Crippen LogP contribution in [0.25, 0.3) is 60.9 Å². The molecular weight excluding hydrogens is 847 g/mol. The highest BCUT2D eigenvalue weighted by molar-refractivity contribution is 6.11. The maximum Gasteiger partial charge on any atom is 0.0727 e. The third kappa shape index (κ3) is 5.95. The van der Waals surface area contributed by atoms with Crippen molar-refractivity contribution in [2.75, 3.05) is 9.80 Å². The van der Waals surface area contributed by atoms with E-state index in [9.17, 15) is 0 Å². The van der Waals surface area contributed by atoms with Crippen LogP contribution in [0.2, 0.25) is 0 Å². The van der Waals surface area contributed by atoms with Gasteiger partial charge >= 0.3 is 0 Å². The lowest BCUT2D eigenvalue weighted by Gasteiger charge is -2.34. The van der Waals surface area contributed by atoms with Gasteiger partial charge in [0, 0.05) is 50.5 Å². The maximum atomic E-state index is 2.53. The van der Waals surface area contributed by atoms with Gasteiger partial charge in [-0.2, -0.15) is 0 Å². The van der Waals surface area contributed by atoms with E-state index in [0.29, 0.717) is 0 Å². The van der Waals surface area contributed by atoms with Crippen molar-refractivity contribution < 1.29 is 0 Å². The SMILES string of the molecule is c1ccc(-c2cc3c(cc2N(c2ccccc2)c2ccccc2)C2(c4ccccc4-c4ccc(N(c5ccccc5)c5ccc6c(c5)c5ccccc5n6-c5ccccc5)cc42)c2ccccc2-3)cc1. The monoisotopic (exact) mass is 891 g/mol. The summed E-state index contributed by atoms with van der Waals surface area (Å²) in [5, 5.41) is 2.44. The van der Waals surface area contributed by atoms with E-state index in [1.807, 2.05) is 0 Å². The molecule has 2 aliphatic carbocycles. The molecule has 1 unspecified atom stereocenters. The van der Waals surface area contributed by atoms with E-state index < -0.39 is 5.41 Å². The lowest BCUT2D eigenvalue weighted by molar-refractivity contribution is 0.793. The van der Waals surface area contributed by atoms with Crippen LogP contribution in [0.15, 0.2) is 273 Å². The summed E-state index contributed by atoms with van der Waals surface area (Å²) in [4.78, 5) is 4.89. The predicted molar refractivity (Wildman–Crippen MR) is 292 cm³/mol. The smallest absolute Gasteiger partial charge is 0.0727 e. The lowest BCUT2D eigenvalue weighted by Crippen LogP contribution is -2.26. The van der Waals surface area contributed by atoms with Crippen LogP contribution in [0.5, 0.6) is 0 Å². The number of benzene rings is 11. The van der Waals surface area contributed by atoms with Crippen LogP contribution in [-0.4, -0.2) is 4.57 Å². The predicted octanol–water partition coefficient (Wildman–Crippen LogP) is 17.7. The average Bonchev–Trinajstić information content (AvgIpc) is 4.04. The summed E-state index contributed by atoms with van der Waals surface area (Å²) in [6, 6.07) is 100. The molecule has 0 N–H and O–H groups in total. The first-order valence-electron chi connectivity index (χ1n) is 24.2. The van der Waals surface area contributed by atoms with Gasteiger partial charge in [-0.25, -0.2) is 0 Å². The minimum absolute atomic E-state index is 0.619. The quantitative estimate of drug-likeness (QED) is 0.151. The first-order valence-corrected chi connectivity index (χ1v) is 24.2. The number of anilines is 6. The van der Waals surface area contributed by atoms with E-state index in [-0.39, 0.29) is 0 Å². The number of fused-ring (bicyclic) bond motifs is 13. The van der Waals surface area contributed by atoms with Crippen LogP contribution in [0.3, 0.4) is 0 Å². The van der Waals surface area contributed by atoms with Crippen molar-refractivity contribution in [2.45, 2.75) is 5.41 Å². The van der Waals surface area contributed by atoms with Crippen molar-refractivity contribution in [2.24, 2.45) is 0 Å². The molecule has 328 valence electrons. The fourth-order valence-corrected chi connectivity index (χ4v) is 11.9. The highest BCUT2D eigenvalue weighted by Crippen LogP contribution is 2.65. The molecule has 14 rings (SSSR count). The van der Waals surface area contributed by atoms with Crippen molar-refractivity contribution >= 4 is 55.9 Å². The van der Waals surface area contributed by atoms with Gasteiger partial charge in [0.15, 0.2) is 0 Å². The summed E-state index contributed by atoms with van der Waals surface area (Å²) < 4.78 is 2.39. The molecule has 0 saturated heterocycles. The van der Waals surface area contributed by atoms with Gasteiger partial charge in [0.25, 0.3) is 0 Å². The third-order valence-corrected chi connectivity index (χ3v) is 14.7. The van der Waals surface area contributed by atoms with Crippen LogP contribution in [-0.2, 0) is 5.41 Å². The normalized spacial score (nSPS) is 14.1. The van der Waals surface area contributed by atoms with E-state index in [2.05, 4.69) is 287 Å². The molecule has 0 fully saturated rings. The Labute approximate surface area is 408 Å². The van der Waals surface area contributed by atoms with Crippen molar-refractivity contribution in [3.05, 3.63) is 295 Å². The van der Waals surface area contributed by atoms with E-state index in [0.717, 1.165) is 39.8 Å². The van der Waals surface area contributed by atoms with Gasteiger partial charge < -0.3 is 14.4 Å². The average molecular weight is 892 g/mol. The molecule has 3 nitrogen and oxygen atoms in total. The number of aromatic nitrogens is 1. The standard InChI is InChI=1S/C67H45N3/c1-6-22-46(23-7-1)57-44-58-54-33-17-20-36-61(54)67(63(58)45-66(57)69(48-26-10-3-11-27-48)49-28-12-4-13-29-49)60-35-19-16-32-53(60)55-40-38-52(43-62(55)67)68(47-24-8-2-9-25-47)51-39-41-65-59(42-51)56-34-18-21-37-64(56)70(65)50-30-14-5-15-31-50/h1-45H. The number of hydrogen-bond donors (Lipinski definition) is 0. The molecule has 1 atom stereocenters. The van der Waals surface area contributed by atoms with Gasteiger partial charge in [0.05, 0.1) is 22.1 Å². The van der Waals surface area contributed by atoms with Crippen LogP contribution in [0, 0.1) is 0 Å². The molecule has 3 heteroatoms. The topological polar surface area (TPSA) is 11.4 Å². The zero-order chi connectivity index (χ0) is 46.2. The van der Waals surface area contributed by atoms with Crippen molar-refractivity contribution in [1.82, 2.24) is 4.57 Å². The van der Waals surface area contributed by atoms with Crippen LogP contribution in [0.4, 0.5) is 34.1 Å². The summed E-state index contributed by atoms with van der Waals surface area (Å²) >= 11 is 0. The van der Waals surface area contributed by atoms with Crippen LogP contribution in [0.1, 0.15) is 22.3 Å². The van der Waals surface area contributed by atoms with Crippen molar-refractivity contribution in [1.29, 1.82) is 0 Å². The van der Waals surface area contributed by atoms with E-state index in [1.165, 1.54) is 77.4 Å². The molecule has 0 radical (unpaired) electrons. The Hall–Kier alpha value is -9.18. The fraction of sp³-hybridized carbons (Fsp3) is 0.0149. The first-order chi connectivity index (χ1) is 34.8. The number of hydrogen-bond acceptors (Lipinski definition) is 2. The molecule has 0 bridgehead atoms. The summed E-state index contributed by atoms with van der Waals surface area (Å²) in [7, 11) is 0. The molecule has 0 amide bonds. The second-order valence-corrected chi connectivity index (χ2v) is 18.4. The first kappa shape index (κ1) is 39.9. The molecular formula is C67H45N3. The van der Waals surface area contributed by atoms with Gasteiger partial charge in [0.2, 0.25) is 0 Å². The molecule has 0 aliphatic heterocycles. The Morgan fingerprint density at radius 1 is 0.271 bits per heavy atom. The molecule has 2 aliphatic rings. The second kappa shape index (κ2) is 16.0. The Morgan fingerprint density at radius 3 is 1.40 bits per heavy atom. The van der Waals surface area contributed by atoms with Gasteiger partial charge in [-0.1, -0.05) is 176 Å². The van der Waals surface area contributed by atoms with E-state index >= 15 is 0 Å². The zero-order valence-corrected chi connectivity index (χ0v) is 38.3. The van der Waals surface area contributed by atoms with Crippen LogP contribution < -0.4 is 9.80 Å². The lowest BCUT2D eigenvalue weighted by atomic mass is 9.70. The maximum absolute atomic E-state index is 2.53. The van der Waals surface area contributed by atoms with Gasteiger partial charge in [-0.15, -0.1) is 0 Å². The van der Waals surface area contributed by atoms with Gasteiger partial charge in [0.1, 0.15) is 0 Å². The van der Waals surface area contributed by atoms with Crippen molar-refractivity contribution in [3.63, 3.8) is 0 Å². The fourth-order valence-electron chi connectivity index (χ4n) is 11.9. The van der Waals surface area contributed by atoms with Crippen molar-refractivity contribution in [3.8, 4) is 39.1 Å². The van der Waals surface area contributed by atoms with Gasteiger partial charge in [-0.3, -0.25) is 0 Å². The van der Waals surface area contributed by atoms with Gasteiger partial charge in [-0.05, 0) is 147 Å².